The average Bonchev–Trinajstić information content (AvgIpc) is 2.12. The van der Waals surface area contributed by atoms with Gasteiger partial charge in [-0.15, -0.1) is 0 Å². The van der Waals surface area contributed by atoms with Gasteiger partial charge in [-0.2, -0.15) is 0 Å². The number of aromatic amines is 1. The lowest BCUT2D eigenvalue weighted by molar-refractivity contribution is -0.104. The first kappa shape index (κ1) is 9.18. The number of aryl methyl sites for hydroxylation is 1. The number of aromatic nitrogens is 2. The molecule has 0 atom stereocenters. The highest BCUT2D eigenvalue weighted by atomic mass is 16.2. The molecule has 13 heavy (non-hydrogen) atoms. The molecule has 0 aliphatic heterocycles. The van der Waals surface area contributed by atoms with Crippen molar-refractivity contribution in [1.29, 1.82) is 0 Å². The highest BCUT2D eigenvalue weighted by Gasteiger charge is 1.99. The molecule has 1 aromatic heterocycles. The fourth-order valence-electron chi connectivity index (χ4n) is 0.840. The predicted octanol–water partition coefficient (Wildman–Crippen LogP) is -0.485. The number of allylic oxidation sites excluding steroid dienone is 1. The number of rotatable bonds is 2. The molecular formula is C8H8N2O3. The van der Waals surface area contributed by atoms with E-state index in [1.165, 1.54) is 6.20 Å². The van der Waals surface area contributed by atoms with E-state index in [-0.39, 0.29) is 0 Å². The Morgan fingerprint density at radius 3 is 2.77 bits per heavy atom. The van der Waals surface area contributed by atoms with E-state index < -0.39 is 11.2 Å². The summed E-state index contributed by atoms with van der Waals surface area (Å²) < 4.78 is 0.837. The van der Waals surface area contributed by atoms with Crippen molar-refractivity contribution in [3.63, 3.8) is 0 Å². The van der Waals surface area contributed by atoms with Gasteiger partial charge in [0.15, 0.2) is 0 Å². The van der Waals surface area contributed by atoms with Gasteiger partial charge >= 0.3 is 5.69 Å². The van der Waals surface area contributed by atoms with Crippen LogP contribution in [0.15, 0.2) is 21.9 Å². The molecule has 1 aromatic rings. The molecule has 0 saturated carbocycles. The third-order valence-corrected chi connectivity index (χ3v) is 1.50. The second-order valence-electron chi connectivity index (χ2n) is 2.43. The SMILES string of the molecule is Cc1c[nH]c(=O)n(/C=C/C=O)c1=O. The van der Waals surface area contributed by atoms with Gasteiger partial charge in [-0.1, -0.05) is 0 Å². The van der Waals surface area contributed by atoms with E-state index in [1.807, 2.05) is 0 Å². The predicted molar refractivity (Wildman–Crippen MR) is 47.5 cm³/mol. The molecular weight excluding hydrogens is 172 g/mol. The van der Waals surface area contributed by atoms with Crippen LogP contribution in [0.1, 0.15) is 5.56 Å². The molecule has 0 spiro atoms. The van der Waals surface area contributed by atoms with Gasteiger partial charge in [-0.05, 0) is 13.0 Å². The largest absolute Gasteiger partial charge is 0.332 e. The lowest BCUT2D eigenvalue weighted by atomic mass is 10.4. The monoisotopic (exact) mass is 180 g/mol. The second-order valence-corrected chi connectivity index (χ2v) is 2.43. The molecule has 0 fully saturated rings. The van der Waals surface area contributed by atoms with Gasteiger partial charge in [0, 0.05) is 18.0 Å². The standard InChI is InChI=1S/C8H8N2O3/c1-6-5-9-8(13)10(7(6)12)3-2-4-11/h2-5H,1H3,(H,9,13)/b3-2+. The summed E-state index contributed by atoms with van der Waals surface area (Å²) in [6, 6.07) is 0. The van der Waals surface area contributed by atoms with Gasteiger partial charge < -0.3 is 4.98 Å². The molecule has 0 bridgehead atoms. The van der Waals surface area contributed by atoms with Crippen molar-refractivity contribution in [2.75, 3.05) is 0 Å². The van der Waals surface area contributed by atoms with Crippen LogP contribution in [0.2, 0.25) is 0 Å². The van der Waals surface area contributed by atoms with Crippen LogP contribution in [0.3, 0.4) is 0 Å². The van der Waals surface area contributed by atoms with Gasteiger partial charge in [-0.25, -0.2) is 9.36 Å². The van der Waals surface area contributed by atoms with E-state index in [0.717, 1.165) is 16.8 Å². The highest BCUT2D eigenvalue weighted by Crippen LogP contribution is 1.80. The molecule has 5 nitrogen and oxygen atoms in total. The molecule has 0 aliphatic rings. The number of carbonyl (C=O) groups is 1. The summed E-state index contributed by atoms with van der Waals surface area (Å²) in [5.41, 5.74) is -0.578. The first-order valence-electron chi connectivity index (χ1n) is 3.59. The maximum atomic E-state index is 11.3. The maximum absolute atomic E-state index is 11.3. The van der Waals surface area contributed by atoms with Gasteiger partial charge in [0.1, 0.15) is 6.29 Å². The molecule has 0 saturated heterocycles. The number of hydrogen-bond donors (Lipinski definition) is 1. The van der Waals surface area contributed by atoms with Crippen LogP contribution in [0.5, 0.6) is 0 Å². The smallest absolute Gasteiger partial charge is 0.313 e. The summed E-state index contributed by atoms with van der Waals surface area (Å²) in [5, 5.41) is 0. The molecule has 1 N–H and O–H groups in total. The fraction of sp³-hybridized carbons (Fsp3) is 0.125. The average molecular weight is 180 g/mol. The van der Waals surface area contributed by atoms with Crippen molar-refractivity contribution in [2.45, 2.75) is 6.92 Å². The van der Waals surface area contributed by atoms with Gasteiger partial charge in [-0.3, -0.25) is 9.59 Å². The maximum Gasteiger partial charge on any atom is 0.332 e. The molecule has 1 heterocycles. The fourth-order valence-corrected chi connectivity index (χ4v) is 0.840. The minimum Gasteiger partial charge on any atom is -0.313 e. The van der Waals surface area contributed by atoms with Gasteiger partial charge in [0.2, 0.25) is 0 Å². The van der Waals surface area contributed by atoms with Crippen LogP contribution >= 0.6 is 0 Å². The van der Waals surface area contributed by atoms with E-state index in [2.05, 4.69) is 4.98 Å². The van der Waals surface area contributed by atoms with Crippen LogP contribution in [0, 0.1) is 6.92 Å². The highest BCUT2D eigenvalue weighted by molar-refractivity contribution is 5.69. The van der Waals surface area contributed by atoms with Crippen molar-refractivity contribution in [3.05, 3.63) is 38.7 Å². The van der Waals surface area contributed by atoms with E-state index >= 15 is 0 Å². The van der Waals surface area contributed by atoms with E-state index in [4.69, 9.17) is 0 Å². The van der Waals surface area contributed by atoms with Crippen molar-refractivity contribution in [2.24, 2.45) is 0 Å². The molecule has 5 heteroatoms. The first-order chi connectivity index (χ1) is 6.16. The minimum absolute atomic E-state index is 0.412. The zero-order valence-corrected chi connectivity index (χ0v) is 6.98. The third kappa shape index (κ3) is 1.81. The number of carbonyl (C=O) groups excluding carboxylic acids is 1. The Bertz CT molecular complexity index is 453. The van der Waals surface area contributed by atoms with Gasteiger partial charge in [0.25, 0.3) is 5.56 Å². The van der Waals surface area contributed by atoms with E-state index in [9.17, 15) is 14.4 Å². The van der Waals surface area contributed by atoms with Crippen molar-refractivity contribution >= 4 is 12.5 Å². The Hall–Kier alpha value is -1.91. The molecule has 1 rings (SSSR count). The summed E-state index contributed by atoms with van der Waals surface area (Å²) in [4.78, 5) is 34.6. The van der Waals surface area contributed by atoms with Crippen LogP contribution in [-0.4, -0.2) is 15.8 Å². The van der Waals surface area contributed by atoms with Crippen LogP contribution in [0.4, 0.5) is 0 Å². The number of hydrogen-bond acceptors (Lipinski definition) is 3. The Kier molecular flexibility index (Phi) is 2.59. The van der Waals surface area contributed by atoms with Crippen LogP contribution < -0.4 is 11.2 Å². The lowest BCUT2D eigenvalue weighted by Crippen LogP contribution is -2.32. The molecule has 68 valence electrons. The molecule has 0 aromatic carbocycles. The third-order valence-electron chi connectivity index (χ3n) is 1.50. The van der Waals surface area contributed by atoms with Crippen molar-refractivity contribution < 1.29 is 4.79 Å². The first-order valence-corrected chi connectivity index (χ1v) is 3.59. The molecule has 0 radical (unpaired) electrons. The summed E-state index contributed by atoms with van der Waals surface area (Å²) in [7, 11) is 0. The number of H-pyrrole nitrogens is 1. The normalized spacial score (nSPS) is 10.5. The zero-order valence-electron chi connectivity index (χ0n) is 6.98. The number of nitrogens with one attached hydrogen (secondary N) is 1. The summed E-state index contributed by atoms with van der Waals surface area (Å²) in [6.45, 7) is 1.57. The quantitative estimate of drug-likeness (QED) is 0.493. The number of aldehydes is 1. The summed E-state index contributed by atoms with van der Waals surface area (Å²) >= 11 is 0. The summed E-state index contributed by atoms with van der Waals surface area (Å²) in [6.07, 6.45) is 4.03. The molecule has 0 amide bonds. The lowest BCUT2D eigenvalue weighted by Gasteiger charge is -1.96. The van der Waals surface area contributed by atoms with Crippen molar-refractivity contribution in [3.8, 4) is 0 Å². The molecule has 0 aliphatic carbocycles. The van der Waals surface area contributed by atoms with Crippen LogP contribution in [0.25, 0.3) is 6.20 Å². The number of nitrogens with zero attached hydrogens (tertiary/aromatic N) is 1. The van der Waals surface area contributed by atoms with E-state index in [0.29, 0.717) is 11.8 Å². The summed E-state index contributed by atoms with van der Waals surface area (Å²) in [5.74, 6) is 0. The minimum atomic E-state index is -0.561. The Morgan fingerprint density at radius 2 is 2.15 bits per heavy atom. The Morgan fingerprint density at radius 1 is 1.46 bits per heavy atom. The Balaban J connectivity index is 3.43. The Labute approximate surface area is 73.3 Å². The second kappa shape index (κ2) is 3.66. The topological polar surface area (TPSA) is 71.9 Å². The van der Waals surface area contributed by atoms with E-state index in [1.54, 1.807) is 6.92 Å². The van der Waals surface area contributed by atoms with Gasteiger partial charge in [0.05, 0.1) is 0 Å². The van der Waals surface area contributed by atoms with Crippen LogP contribution in [-0.2, 0) is 4.79 Å². The molecule has 0 unspecified atom stereocenters. The zero-order chi connectivity index (χ0) is 9.84. The van der Waals surface area contributed by atoms with Crippen molar-refractivity contribution in [1.82, 2.24) is 9.55 Å².